The van der Waals surface area contributed by atoms with Crippen LogP contribution in [-0.4, -0.2) is 17.9 Å². The normalized spacial score (nSPS) is 9.86. The Hall–Kier alpha value is -1.15. The zero-order valence-electron chi connectivity index (χ0n) is 7.92. The first kappa shape index (κ1) is 10.9. The van der Waals surface area contributed by atoms with Crippen molar-refractivity contribution in [3.8, 4) is 0 Å². The lowest BCUT2D eigenvalue weighted by molar-refractivity contribution is -0.116. The number of carbonyl (C=O) groups excluding carboxylic acids is 2. The second-order valence-corrected chi connectivity index (χ2v) is 3.43. The summed E-state index contributed by atoms with van der Waals surface area (Å²) < 4.78 is 0. The van der Waals surface area contributed by atoms with Crippen LogP contribution in [-0.2, 0) is 11.2 Å². The SMILES string of the molecule is Cc1cc(CC(=O)CCl)ccc1C=O. The Balaban J connectivity index is 2.86. The third-order valence-corrected chi connectivity index (χ3v) is 2.31. The molecule has 1 rings (SSSR count). The maximum atomic E-state index is 11.0. The highest BCUT2D eigenvalue weighted by atomic mass is 35.5. The summed E-state index contributed by atoms with van der Waals surface area (Å²) in [6.07, 6.45) is 1.14. The molecule has 3 heteroatoms. The van der Waals surface area contributed by atoms with Crippen LogP contribution in [0.15, 0.2) is 18.2 Å². The molecule has 0 radical (unpaired) electrons. The van der Waals surface area contributed by atoms with E-state index in [0.29, 0.717) is 12.0 Å². The van der Waals surface area contributed by atoms with Gasteiger partial charge in [0, 0.05) is 12.0 Å². The molecule has 2 nitrogen and oxygen atoms in total. The van der Waals surface area contributed by atoms with Gasteiger partial charge in [-0.05, 0) is 18.1 Å². The van der Waals surface area contributed by atoms with Crippen molar-refractivity contribution in [2.45, 2.75) is 13.3 Å². The van der Waals surface area contributed by atoms with Crippen molar-refractivity contribution in [1.29, 1.82) is 0 Å². The fourth-order valence-electron chi connectivity index (χ4n) is 1.25. The van der Waals surface area contributed by atoms with E-state index >= 15 is 0 Å². The van der Waals surface area contributed by atoms with E-state index in [1.165, 1.54) is 0 Å². The minimum atomic E-state index is -0.00933. The average molecular weight is 211 g/mol. The summed E-state index contributed by atoms with van der Waals surface area (Å²) in [4.78, 5) is 21.6. The number of carbonyl (C=O) groups is 2. The van der Waals surface area contributed by atoms with Gasteiger partial charge in [-0.15, -0.1) is 11.6 Å². The Bertz CT molecular complexity index is 358. The molecule has 0 aliphatic heterocycles. The van der Waals surface area contributed by atoms with Gasteiger partial charge in [0.1, 0.15) is 6.29 Å². The van der Waals surface area contributed by atoms with Crippen LogP contribution in [0.3, 0.4) is 0 Å². The molecule has 0 heterocycles. The fraction of sp³-hybridized carbons (Fsp3) is 0.273. The van der Waals surface area contributed by atoms with Crippen LogP contribution in [0.25, 0.3) is 0 Å². The molecule has 0 atom stereocenters. The van der Waals surface area contributed by atoms with Crippen molar-refractivity contribution in [3.63, 3.8) is 0 Å². The first-order valence-corrected chi connectivity index (χ1v) is 4.83. The number of Topliss-reactive ketones (excluding diaryl/α,β-unsaturated/α-hetero) is 1. The molecule has 1 aromatic rings. The Labute approximate surface area is 87.9 Å². The number of halogens is 1. The van der Waals surface area contributed by atoms with Gasteiger partial charge in [-0.2, -0.15) is 0 Å². The number of ketones is 1. The van der Waals surface area contributed by atoms with Gasteiger partial charge in [-0.3, -0.25) is 9.59 Å². The van der Waals surface area contributed by atoms with E-state index in [2.05, 4.69) is 0 Å². The number of benzene rings is 1. The first-order chi connectivity index (χ1) is 6.67. The molecule has 0 aliphatic rings. The van der Waals surface area contributed by atoms with E-state index in [-0.39, 0.29) is 11.7 Å². The van der Waals surface area contributed by atoms with Crippen molar-refractivity contribution in [2.75, 3.05) is 5.88 Å². The van der Waals surface area contributed by atoms with Gasteiger partial charge in [-0.25, -0.2) is 0 Å². The predicted octanol–water partition coefficient (Wildman–Crippen LogP) is 2.16. The molecular formula is C11H11ClO2. The van der Waals surface area contributed by atoms with E-state index in [1.807, 2.05) is 13.0 Å². The van der Waals surface area contributed by atoms with Crippen LogP contribution in [0.2, 0.25) is 0 Å². The van der Waals surface area contributed by atoms with E-state index in [0.717, 1.165) is 17.4 Å². The molecule has 0 saturated carbocycles. The molecule has 74 valence electrons. The predicted molar refractivity (Wildman–Crippen MR) is 56.0 cm³/mol. The van der Waals surface area contributed by atoms with Crippen molar-refractivity contribution >= 4 is 23.7 Å². The monoisotopic (exact) mass is 210 g/mol. The van der Waals surface area contributed by atoms with Gasteiger partial charge in [-0.1, -0.05) is 18.2 Å². The van der Waals surface area contributed by atoms with E-state index in [9.17, 15) is 9.59 Å². The third-order valence-electron chi connectivity index (χ3n) is 2.01. The summed E-state index contributed by atoms with van der Waals surface area (Å²) >= 11 is 5.39. The molecule has 0 bridgehead atoms. The van der Waals surface area contributed by atoms with Crippen LogP contribution in [0, 0.1) is 6.92 Å². The van der Waals surface area contributed by atoms with Crippen molar-refractivity contribution in [2.24, 2.45) is 0 Å². The summed E-state index contributed by atoms with van der Waals surface area (Å²) in [7, 11) is 0. The second kappa shape index (κ2) is 4.91. The summed E-state index contributed by atoms with van der Waals surface area (Å²) in [5.41, 5.74) is 2.45. The van der Waals surface area contributed by atoms with Gasteiger partial charge < -0.3 is 0 Å². The molecule has 0 aromatic heterocycles. The molecule has 0 N–H and O–H groups in total. The van der Waals surface area contributed by atoms with Crippen LogP contribution in [0.5, 0.6) is 0 Å². The maximum Gasteiger partial charge on any atom is 0.151 e. The van der Waals surface area contributed by atoms with E-state index in [1.54, 1.807) is 12.1 Å². The zero-order chi connectivity index (χ0) is 10.6. The van der Waals surface area contributed by atoms with Crippen LogP contribution in [0.1, 0.15) is 21.5 Å². The summed E-state index contributed by atoms with van der Waals surface area (Å²) in [6.45, 7) is 1.85. The Morgan fingerprint density at radius 1 is 1.50 bits per heavy atom. The molecule has 0 fully saturated rings. The van der Waals surface area contributed by atoms with Crippen molar-refractivity contribution in [1.82, 2.24) is 0 Å². The molecule has 14 heavy (non-hydrogen) atoms. The third kappa shape index (κ3) is 2.67. The van der Waals surface area contributed by atoms with Crippen molar-refractivity contribution < 1.29 is 9.59 Å². The summed E-state index contributed by atoms with van der Waals surface area (Å²) in [5.74, 6) is 0.0269. The molecule has 0 amide bonds. The fourth-order valence-corrected chi connectivity index (χ4v) is 1.35. The molecular weight excluding hydrogens is 200 g/mol. The number of aryl methyl sites for hydroxylation is 1. The summed E-state index contributed by atoms with van der Waals surface area (Å²) in [5, 5.41) is 0. The molecule has 0 spiro atoms. The lowest BCUT2D eigenvalue weighted by atomic mass is 10.0. The molecule has 0 aliphatic carbocycles. The number of aldehydes is 1. The summed E-state index contributed by atoms with van der Waals surface area (Å²) in [6, 6.07) is 5.34. The molecule has 0 unspecified atom stereocenters. The average Bonchev–Trinajstić information content (AvgIpc) is 2.18. The van der Waals surface area contributed by atoms with Crippen molar-refractivity contribution in [3.05, 3.63) is 34.9 Å². The van der Waals surface area contributed by atoms with Gasteiger partial charge in [0.05, 0.1) is 5.88 Å². The van der Waals surface area contributed by atoms with Gasteiger partial charge >= 0.3 is 0 Å². The highest BCUT2D eigenvalue weighted by molar-refractivity contribution is 6.27. The smallest absolute Gasteiger partial charge is 0.151 e. The quantitative estimate of drug-likeness (QED) is 0.564. The highest BCUT2D eigenvalue weighted by Gasteiger charge is 2.03. The lowest BCUT2D eigenvalue weighted by Gasteiger charge is -2.02. The van der Waals surface area contributed by atoms with Crippen LogP contribution >= 0.6 is 11.6 Å². The highest BCUT2D eigenvalue weighted by Crippen LogP contribution is 2.10. The van der Waals surface area contributed by atoms with E-state index in [4.69, 9.17) is 11.6 Å². The van der Waals surface area contributed by atoms with Crippen LogP contribution in [0.4, 0.5) is 0 Å². The van der Waals surface area contributed by atoms with Gasteiger partial charge in [0.25, 0.3) is 0 Å². The number of hydrogen-bond acceptors (Lipinski definition) is 2. The standard InChI is InChI=1S/C11H11ClO2/c1-8-4-9(5-11(14)6-12)2-3-10(8)7-13/h2-4,7H,5-6H2,1H3. The van der Waals surface area contributed by atoms with Gasteiger partial charge in [0.2, 0.25) is 0 Å². The Kier molecular flexibility index (Phi) is 3.84. The maximum absolute atomic E-state index is 11.0. The zero-order valence-corrected chi connectivity index (χ0v) is 8.67. The largest absolute Gasteiger partial charge is 0.298 e. The Morgan fingerprint density at radius 2 is 2.21 bits per heavy atom. The molecule has 1 aromatic carbocycles. The minimum Gasteiger partial charge on any atom is -0.298 e. The second-order valence-electron chi connectivity index (χ2n) is 3.16. The lowest BCUT2D eigenvalue weighted by Crippen LogP contribution is -2.04. The van der Waals surface area contributed by atoms with Crippen LogP contribution < -0.4 is 0 Å². The first-order valence-electron chi connectivity index (χ1n) is 4.29. The number of alkyl halides is 1. The number of hydrogen-bond donors (Lipinski definition) is 0. The molecule has 0 saturated heterocycles. The van der Waals surface area contributed by atoms with Gasteiger partial charge in [0.15, 0.2) is 5.78 Å². The topological polar surface area (TPSA) is 34.1 Å². The minimum absolute atomic E-state index is 0.00933. The van der Waals surface area contributed by atoms with E-state index < -0.39 is 0 Å². The number of rotatable bonds is 4. The Morgan fingerprint density at radius 3 is 2.71 bits per heavy atom.